The summed E-state index contributed by atoms with van der Waals surface area (Å²) in [5, 5.41) is 5.09. The molecular weight excluding hydrogens is 260 g/mol. The van der Waals surface area contributed by atoms with Gasteiger partial charge in [-0.1, -0.05) is 22.9 Å². The van der Waals surface area contributed by atoms with Gasteiger partial charge in [-0.05, 0) is 36.6 Å². The molecule has 0 bridgehead atoms. The third-order valence-electron chi connectivity index (χ3n) is 2.15. The first kappa shape index (κ1) is 12.0. The average Bonchev–Trinajstić information content (AvgIpc) is 2.66. The van der Waals surface area contributed by atoms with Crippen molar-refractivity contribution in [3.05, 3.63) is 23.2 Å². The Labute approximate surface area is 108 Å². The number of halogens is 1. The molecule has 0 aliphatic carbocycles. The number of hydrogen-bond acceptors (Lipinski definition) is 4. The topological polar surface area (TPSA) is 24.9 Å². The maximum absolute atomic E-state index is 5.93. The van der Waals surface area contributed by atoms with Crippen molar-refractivity contribution in [2.24, 2.45) is 0 Å². The second kappa shape index (κ2) is 5.75. The number of anilines is 1. The zero-order valence-electron chi connectivity index (χ0n) is 9.00. The normalized spacial score (nSPS) is 10.9. The van der Waals surface area contributed by atoms with Gasteiger partial charge in [0.2, 0.25) is 0 Å². The lowest BCUT2D eigenvalue weighted by Gasteiger charge is -1.99. The maximum Gasteiger partial charge on any atom is 0.183 e. The summed E-state index contributed by atoms with van der Waals surface area (Å²) in [6.07, 6.45) is 3.29. The first-order valence-corrected chi connectivity index (χ1v) is 7.67. The van der Waals surface area contributed by atoms with Crippen molar-refractivity contribution < 1.29 is 0 Å². The van der Waals surface area contributed by atoms with Crippen LogP contribution in [-0.2, 0) is 0 Å². The van der Waals surface area contributed by atoms with Gasteiger partial charge in [-0.15, -0.1) is 0 Å². The quantitative estimate of drug-likeness (QED) is 0.829. The predicted octanol–water partition coefficient (Wildman–Crippen LogP) is 4.11. The number of nitrogens with one attached hydrogen (secondary N) is 1. The van der Waals surface area contributed by atoms with Crippen molar-refractivity contribution in [3.8, 4) is 0 Å². The Hall–Kier alpha value is -0.450. The van der Waals surface area contributed by atoms with Crippen LogP contribution < -0.4 is 5.32 Å². The highest BCUT2D eigenvalue weighted by Crippen LogP contribution is 2.28. The number of rotatable bonds is 5. The summed E-state index contributed by atoms with van der Waals surface area (Å²) in [7, 11) is 0. The molecule has 16 heavy (non-hydrogen) atoms. The minimum absolute atomic E-state index is 0.769. The summed E-state index contributed by atoms with van der Waals surface area (Å²) in [5.41, 5.74) is 1.02. The third-order valence-corrected chi connectivity index (χ3v) is 4.06. The van der Waals surface area contributed by atoms with Gasteiger partial charge in [-0.2, -0.15) is 11.8 Å². The first-order valence-electron chi connectivity index (χ1n) is 5.08. The number of thiazole rings is 1. The van der Waals surface area contributed by atoms with Crippen molar-refractivity contribution in [1.29, 1.82) is 0 Å². The van der Waals surface area contributed by atoms with Crippen LogP contribution in [0.4, 0.5) is 5.13 Å². The van der Waals surface area contributed by atoms with E-state index in [-0.39, 0.29) is 0 Å². The fourth-order valence-corrected chi connectivity index (χ4v) is 2.99. The molecule has 0 spiro atoms. The van der Waals surface area contributed by atoms with Crippen molar-refractivity contribution >= 4 is 50.0 Å². The van der Waals surface area contributed by atoms with Crippen LogP contribution in [0.1, 0.15) is 6.42 Å². The monoisotopic (exact) mass is 272 g/mol. The molecule has 0 atom stereocenters. The number of hydrogen-bond donors (Lipinski definition) is 1. The molecule has 5 heteroatoms. The Morgan fingerprint density at radius 3 is 3.19 bits per heavy atom. The summed E-state index contributed by atoms with van der Waals surface area (Å²) in [4.78, 5) is 4.49. The average molecular weight is 273 g/mol. The van der Waals surface area contributed by atoms with E-state index in [4.69, 9.17) is 11.6 Å². The summed E-state index contributed by atoms with van der Waals surface area (Å²) in [6.45, 7) is 0.981. The van der Waals surface area contributed by atoms with E-state index < -0.39 is 0 Å². The van der Waals surface area contributed by atoms with E-state index in [1.54, 1.807) is 11.3 Å². The van der Waals surface area contributed by atoms with Gasteiger partial charge < -0.3 is 5.32 Å². The van der Waals surface area contributed by atoms with Crippen LogP contribution in [0.25, 0.3) is 10.2 Å². The van der Waals surface area contributed by atoms with E-state index >= 15 is 0 Å². The van der Waals surface area contributed by atoms with Gasteiger partial charge >= 0.3 is 0 Å². The first-order chi connectivity index (χ1) is 7.79. The highest BCUT2D eigenvalue weighted by molar-refractivity contribution is 7.98. The molecule has 0 amide bonds. The lowest BCUT2D eigenvalue weighted by atomic mass is 10.3. The molecule has 86 valence electrons. The molecule has 1 aromatic heterocycles. The highest BCUT2D eigenvalue weighted by atomic mass is 35.5. The maximum atomic E-state index is 5.93. The van der Waals surface area contributed by atoms with Crippen LogP contribution >= 0.6 is 34.7 Å². The fraction of sp³-hybridized carbons (Fsp3) is 0.364. The predicted molar refractivity (Wildman–Crippen MR) is 76.1 cm³/mol. The van der Waals surface area contributed by atoms with Gasteiger partial charge in [0, 0.05) is 11.6 Å². The van der Waals surface area contributed by atoms with Gasteiger partial charge in [-0.25, -0.2) is 4.98 Å². The molecule has 2 nitrogen and oxygen atoms in total. The summed E-state index contributed by atoms with van der Waals surface area (Å²) in [6, 6.07) is 5.80. The SMILES string of the molecule is CSCCCNc1nc2ccc(Cl)cc2s1. The van der Waals surface area contributed by atoms with E-state index in [0.29, 0.717) is 0 Å². The third kappa shape index (κ3) is 3.03. The van der Waals surface area contributed by atoms with Gasteiger partial charge in [0.15, 0.2) is 5.13 Å². The van der Waals surface area contributed by atoms with Crippen LogP contribution in [0.5, 0.6) is 0 Å². The summed E-state index contributed by atoms with van der Waals surface area (Å²) in [5.74, 6) is 1.18. The number of fused-ring (bicyclic) bond motifs is 1. The number of benzene rings is 1. The standard InChI is InChI=1S/C11H13ClN2S2/c1-15-6-2-5-13-11-14-9-4-3-8(12)7-10(9)16-11/h3-4,7H,2,5-6H2,1H3,(H,13,14). The number of nitrogens with zero attached hydrogens (tertiary/aromatic N) is 1. The van der Waals surface area contributed by atoms with Crippen LogP contribution in [0.2, 0.25) is 5.02 Å². The van der Waals surface area contributed by atoms with Crippen molar-refractivity contribution in [2.75, 3.05) is 23.9 Å². The minimum atomic E-state index is 0.769. The van der Waals surface area contributed by atoms with Crippen LogP contribution in [0.15, 0.2) is 18.2 Å². The smallest absolute Gasteiger partial charge is 0.183 e. The molecular formula is C11H13ClN2S2. The Bertz CT molecular complexity index is 470. The molecule has 2 rings (SSSR count). The molecule has 1 N–H and O–H groups in total. The Kier molecular flexibility index (Phi) is 4.32. The highest BCUT2D eigenvalue weighted by Gasteiger charge is 2.03. The molecule has 1 heterocycles. The molecule has 2 aromatic rings. The van der Waals surface area contributed by atoms with E-state index in [0.717, 1.165) is 33.3 Å². The van der Waals surface area contributed by atoms with E-state index in [9.17, 15) is 0 Å². The zero-order chi connectivity index (χ0) is 11.4. The molecule has 0 unspecified atom stereocenters. The van der Waals surface area contributed by atoms with E-state index in [1.165, 1.54) is 5.75 Å². The molecule has 1 aromatic carbocycles. The van der Waals surface area contributed by atoms with Crippen molar-refractivity contribution in [1.82, 2.24) is 4.98 Å². The lowest BCUT2D eigenvalue weighted by molar-refractivity contribution is 0.991. The number of aromatic nitrogens is 1. The van der Waals surface area contributed by atoms with Gasteiger partial charge in [-0.3, -0.25) is 0 Å². The van der Waals surface area contributed by atoms with Crippen LogP contribution in [0, 0.1) is 0 Å². The van der Waals surface area contributed by atoms with Crippen molar-refractivity contribution in [2.45, 2.75) is 6.42 Å². The second-order valence-electron chi connectivity index (χ2n) is 3.40. The molecule has 0 aliphatic rings. The van der Waals surface area contributed by atoms with E-state index in [1.807, 2.05) is 30.0 Å². The molecule has 0 aliphatic heterocycles. The van der Waals surface area contributed by atoms with Gasteiger partial charge in [0.1, 0.15) is 0 Å². The van der Waals surface area contributed by atoms with Gasteiger partial charge in [0.05, 0.1) is 10.2 Å². The Balaban J connectivity index is 2.02. The van der Waals surface area contributed by atoms with Gasteiger partial charge in [0.25, 0.3) is 0 Å². The van der Waals surface area contributed by atoms with Crippen LogP contribution in [0.3, 0.4) is 0 Å². The van der Waals surface area contributed by atoms with Crippen molar-refractivity contribution in [3.63, 3.8) is 0 Å². The van der Waals surface area contributed by atoms with Crippen LogP contribution in [-0.4, -0.2) is 23.5 Å². The van der Waals surface area contributed by atoms with E-state index in [2.05, 4.69) is 16.6 Å². The zero-order valence-corrected chi connectivity index (χ0v) is 11.4. The summed E-state index contributed by atoms with van der Waals surface area (Å²) >= 11 is 9.45. The molecule has 0 fully saturated rings. The lowest BCUT2D eigenvalue weighted by Crippen LogP contribution is -2.01. The fourth-order valence-electron chi connectivity index (χ4n) is 1.39. The molecule has 0 saturated heterocycles. The Morgan fingerprint density at radius 1 is 1.50 bits per heavy atom. The Morgan fingerprint density at radius 2 is 2.38 bits per heavy atom. The summed E-state index contributed by atoms with van der Waals surface area (Å²) < 4.78 is 1.14. The molecule has 0 radical (unpaired) electrons. The largest absolute Gasteiger partial charge is 0.361 e. The number of thioether (sulfide) groups is 1. The molecule has 0 saturated carbocycles. The minimum Gasteiger partial charge on any atom is -0.361 e. The second-order valence-corrected chi connectivity index (χ2v) is 5.86.